The number of nitrogens with one attached hydrogen (secondary N) is 2. The maximum absolute atomic E-state index is 12.4. The fourth-order valence-corrected chi connectivity index (χ4v) is 4.36. The summed E-state index contributed by atoms with van der Waals surface area (Å²) in [4.78, 5) is 28.1. The molecule has 0 radical (unpaired) electrons. The first-order valence-electron chi connectivity index (χ1n) is 9.23. The molecule has 1 aromatic carbocycles. The summed E-state index contributed by atoms with van der Waals surface area (Å²) >= 11 is 7.51. The van der Waals surface area contributed by atoms with Crippen molar-refractivity contribution in [3.05, 3.63) is 57.2 Å². The van der Waals surface area contributed by atoms with Gasteiger partial charge in [-0.1, -0.05) is 29.8 Å². The van der Waals surface area contributed by atoms with E-state index in [2.05, 4.69) is 21.6 Å². The van der Waals surface area contributed by atoms with Crippen LogP contribution in [0.3, 0.4) is 0 Å². The van der Waals surface area contributed by atoms with Crippen LogP contribution in [0.15, 0.2) is 41.8 Å². The zero-order chi connectivity index (χ0) is 19.9. The summed E-state index contributed by atoms with van der Waals surface area (Å²) in [5.74, 6) is -1.27. The molecule has 2 atom stereocenters. The Bertz CT molecular complexity index is 777. The van der Waals surface area contributed by atoms with E-state index in [1.807, 2.05) is 30.5 Å². The Morgan fingerprint density at radius 1 is 1.18 bits per heavy atom. The Kier molecular flexibility index (Phi) is 7.44. The topological polar surface area (TPSA) is 70.7 Å². The average Bonchev–Trinajstić information content (AvgIpc) is 3.22. The summed E-state index contributed by atoms with van der Waals surface area (Å²) in [6.07, 6.45) is 0. The number of hydrogen-bond acceptors (Lipinski definition) is 5. The predicted octanol–water partition coefficient (Wildman–Crippen LogP) is 2.60. The molecule has 2 N–H and O–H groups in total. The Morgan fingerprint density at radius 3 is 2.54 bits per heavy atom. The van der Waals surface area contributed by atoms with Gasteiger partial charge in [0.2, 0.25) is 0 Å². The van der Waals surface area contributed by atoms with Crippen LogP contribution in [-0.2, 0) is 20.9 Å². The number of carbonyl (C=O) groups excluding carboxylic acids is 2. The number of halogens is 1. The van der Waals surface area contributed by atoms with E-state index in [1.165, 1.54) is 0 Å². The van der Waals surface area contributed by atoms with Crippen LogP contribution >= 0.6 is 22.9 Å². The van der Waals surface area contributed by atoms with Crippen LogP contribution in [0.2, 0.25) is 5.02 Å². The fourth-order valence-electron chi connectivity index (χ4n) is 3.27. The lowest BCUT2D eigenvalue weighted by Gasteiger charge is -2.37. The van der Waals surface area contributed by atoms with Gasteiger partial charge in [0, 0.05) is 35.6 Å². The summed E-state index contributed by atoms with van der Waals surface area (Å²) in [6.45, 7) is 5.14. The zero-order valence-corrected chi connectivity index (χ0v) is 17.3. The van der Waals surface area contributed by atoms with E-state index in [-0.39, 0.29) is 18.6 Å². The molecular formula is C20H24ClN3O3S. The molecule has 2 amide bonds. The number of amides is 2. The molecule has 1 saturated heterocycles. The van der Waals surface area contributed by atoms with Gasteiger partial charge in [-0.05, 0) is 36.1 Å². The number of benzene rings is 1. The average molecular weight is 422 g/mol. The van der Waals surface area contributed by atoms with Gasteiger partial charge < -0.3 is 15.4 Å². The molecule has 1 fully saturated rings. The quantitative estimate of drug-likeness (QED) is 0.703. The Morgan fingerprint density at radius 2 is 1.89 bits per heavy atom. The monoisotopic (exact) mass is 421 g/mol. The lowest BCUT2D eigenvalue weighted by atomic mass is 10.1. The number of hydrogen-bond donors (Lipinski definition) is 2. The summed E-state index contributed by atoms with van der Waals surface area (Å²) in [5.41, 5.74) is 0.878. The first-order chi connectivity index (χ1) is 13.5. The summed E-state index contributed by atoms with van der Waals surface area (Å²) < 4.78 is 5.45. The highest BCUT2D eigenvalue weighted by molar-refractivity contribution is 7.10. The first-order valence-corrected chi connectivity index (χ1v) is 10.5. The molecule has 0 aliphatic carbocycles. The van der Waals surface area contributed by atoms with Crippen LogP contribution in [0.5, 0.6) is 0 Å². The van der Waals surface area contributed by atoms with E-state index in [1.54, 1.807) is 23.5 Å². The maximum atomic E-state index is 12.4. The van der Waals surface area contributed by atoms with E-state index in [4.69, 9.17) is 16.3 Å². The van der Waals surface area contributed by atoms with Crippen molar-refractivity contribution in [3.8, 4) is 0 Å². The third-order valence-corrected chi connectivity index (χ3v) is 5.87. The largest absolute Gasteiger partial charge is 0.379 e. The van der Waals surface area contributed by atoms with Crippen LogP contribution in [0.1, 0.15) is 23.4 Å². The second-order valence-electron chi connectivity index (χ2n) is 6.68. The van der Waals surface area contributed by atoms with Crippen molar-refractivity contribution in [2.75, 3.05) is 26.3 Å². The van der Waals surface area contributed by atoms with Crippen molar-refractivity contribution < 1.29 is 14.3 Å². The molecule has 28 heavy (non-hydrogen) atoms. The van der Waals surface area contributed by atoms with Gasteiger partial charge in [0.05, 0.1) is 19.3 Å². The van der Waals surface area contributed by atoms with E-state index in [9.17, 15) is 9.59 Å². The molecule has 2 aromatic rings. The maximum Gasteiger partial charge on any atom is 0.309 e. The summed E-state index contributed by atoms with van der Waals surface area (Å²) in [5, 5.41) is 8.17. The molecule has 0 unspecified atom stereocenters. The van der Waals surface area contributed by atoms with Crippen molar-refractivity contribution in [2.24, 2.45) is 0 Å². The van der Waals surface area contributed by atoms with Crippen molar-refractivity contribution in [1.29, 1.82) is 0 Å². The van der Waals surface area contributed by atoms with Crippen LogP contribution in [0.25, 0.3) is 0 Å². The fraction of sp³-hybridized carbons (Fsp3) is 0.400. The Labute approximate surface area is 173 Å². The van der Waals surface area contributed by atoms with E-state index < -0.39 is 11.8 Å². The highest BCUT2D eigenvalue weighted by Crippen LogP contribution is 2.29. The van der Waals surface area contributed by atoms with Gasteiger partial charge in [0.1, 0.15) is 0 Å². The predicted molar refractivity (Wildman–Crippen MR) is 110 cm³/mol. The van der Waals surface area contributed by atoms with Crippen molar-refractivity contribution in [1.82, 2.24) is 15.5 Å². The van der Waals surface area contributed by atoms with E-state index in [0.29, 0.717) is 18.2 Å². The molecule has 6 nitrogen and oxygen atoms in total. The minimum atomic E-state index is -0.645. The number of carbonyl (C=O) groups is 2. The Hall–Kier alpha value is -1.93. The normalized spacial score (nSPS) is 16.9. The smallest absolute Gasteiger partial charge is 0.309 e. The number of nitrogens with zero attached hydrogens (tertiary/aromatic N) is 1. The van der Waals surface area contributed by atoms with E-state index >= 15 is 0 Å². The molecule has 0 saturated carbocycles. The molecule has 150 valence electrons. The Balaban J connectivity index is 1.58. The van der Waals surface area contributed by atoms with E-state index in [0.717, 1.165) is 23.5 Å². The second kappa shape index (κ2) is 10.0. The SMILES string of the molecule is C[C@H](NC(=O)C(=O)NCc1ccc(Cl)cc1)[C@@H](c1cccs1)N1CCOCC1. The minimum Gasteiger partial charge on any atom is -0.379 e. The minimum absolute atomic E-state index is 0.0110. The van der Waals surface area contributed by atoms with Gasteiger partial charge in [-0.2, -0.15) is 0 Å². The van der Waals surface area contributed by atoms with Gasteiger partial charge in [0.25, 0.3) is 0 Å². The molecule has 1 aliphatic rings. The van der Waals surface area contributed by atoms with Crippen molar-refractivity contribution in [3.63, 3.8) is 0 Å². The third-order valence-electron chi connectivity index (χ3n) is 4.68. The molecule has 3 rings (SSSR count). The zero-order valence-electron chi connectivity index (χ0n) is 15.7. The number of morpholine rings is 1. The van der Waals surface area contributed by atoms with Gasteiger partial charge in [-0.3, -0.25) is 14.5 Å². The van der Waals surface area contributed by atoms with Crippen molar-refractivity contribution in [2.45, 2.75) is 25.6 Å². The molecule has 8 heteroatoms. The van der Waals surface area contributed by atoms with Crippen LogP contribution in [0.4, 0.5) is 0 Å². The van der Waals surface area contributed by atoms with Crippen LogP contribution in [0, 0.1) is 0 Å². The highest BCUT2D eigenvalue weighted by Gasteiger charge is 2.30. The molecule has 1 aliphatic heterocycles. The van der Waals surface area contributed by atoms with Crippen LogP contribution < -0.4 is 10.6 Å². The van der Waals surface area contributed by atoms with Gasteiger partial charge >= 0.3 is 11.8 Å². The molecular weight excluding hydrogens is 398 g/mol. The molecule has 0 bridgehead atoms. The summed E-state index contributed by atoms with van der Waals surface area (Å²) in [6, 6.07) is 11.0. The first kappa shape index (κ1) is 20.8. The standard InChI is InChI=1S/C20H24ClN3O3S/c1-14(18(17-3-2-12-28-17)24-8-10-27-11-9-24)23-20(26)19(25)22-13-15-4-6-16(21)7-5-15/h2-7,12,14,18H,8-11,13H2,1H3,(H,22,25)(H,23,26)/t14-,18-/m0/s1. The van der Waals surface area contributed by atoms with Crippen molar-refractivity contribution >= 4 is 34.8 Å². The third kappa shape index (κ3) is 5.54. The molecule has 1 aromatic heterocycles. The molecule has 0 spiro atoms. The number of ether oxygens (including phenoxy) is 1. The van der Waals surface area contributed by atoms with Gasteiger partial charge in [0.15, 0.2) is 0 Å². The second-order valence-corrected chi connectivity index (χ2v) is 8.10. The van der Waals surface area contributed by atoms with Crippen LogP contribution in [-0.4, -0.2) is 49.1 Å². The van der Waals surface area contributed by atoms with Gasteiger partial charge in [-0.25, -0.2) is 0 Å². The number of thiophene rings is 1. The number of rotatable bonds is 6. The highest BCUT2D eigenvalue weighted by atomic mass is 35.5. The lowest BCUT2D eigenvalue weighted by molar-refractivity contribution is -0.140. The lowest BCUT2D eigenvalue weighted by Crippen LogP contribution is -2.51. The summed E-state index contributed by atoms with van der Waals surface area (Å²) in [7, 11) is 0. The van der Waals surface area contributed by atoms with Gasteiger partial charge in [-0.15, -0.1) is 11.3 Å². The molecule has 2 heterocycles.